The molecular formula is C29H29BN2O2. The Morgan fingerprint density at radius 2 is 1.65 bits per heavy atom. The number of imidazole rings is 1. The molecule has 0 radical (unpaired) electrons. The van der Waals surface area contributed by atoms with Crippen molar-refractivity contribution in [1.82, 2.24) is 9.38 Å². The first kappa shape index (κ1) is 21.4. The lowest BCUT2D eigenvalue weighted by Crippen LogP contribution is -2.41. The first-order chi connectivity index (χ1) is 16.3. The maximum atomic E-state index is 6.37. The van der Waals surface area contributed by atoms with Gasteiger partial charge in [-0.2, -0.15) is 0 Å². The summed E-state index contributed by atoms with van der Waals surface area (Å²) in [5.41, 5.74) is 3.30. The number of pyridine rings is 1. The van der Waals surface area contributed by atoms with Gasteiger partial charge in [-0.15, -0.1) is 0 Å². The Bertz CT molecular complexity index is 1600. The summed E-state index contributed by atoms with van der Waals surface area (Å²) in [4.78, 5) is 5.02. The summed E-state index contributed by atoms with van der Waals surface area (Å²) >= 11 is 0. The SMILES string of the molecule is CC/C=C\c1cn2c3cc(B4OC(C)(C)C(C)(C)O4)ccc3c3c4ccccc4ccc3c2n1. The minimum absolute atomic E-state index is 0.380. The van der Waals surface area contributed by atoms with Crippen molar-refractivity contribution >= 4 is 56.8 Å². The van der Waals surface area contributed by atoms with Crippen molar-refractivity contribution < 1.29 is 9.31 Å². The van der Waals surface area contributed by atoms with Crippen LogP contribution in [0, 0.1) is 0 Å². The van der Waals surface area contributed by atoms with Crippen molar-refractivity contribution in [3.63, 3.8) is 0 Å². The maximum absolute atomic E-state index is 6.37. The Labute approximate surface area is 200 Å². The molecule has 4 nitrogen and oxygen atoms in total. The first-order valence-corrected chi connectivity index (χ1v) is 12.1. The Morgan fingerprint density at radius 1 is 0.912 bits per heavy atom. The van der Waals surface area contributed by atoms with Crippen molar-refractivity contribution in [2.45, 2.75) is 52.2 Å². The fraction of sp³-hybridized carbons (Fsp3) is 0.276. The standard InChI is InChI=1S/C29H29BN2O2/c1-6-7-11-21-18-32-25-17-20(30-33-28(2,3)29(4,5)34-30)14-16-23(25)26-22-12-9-8-10-19(22)13-15-24(26)27(32)31-21/h7-18H,6H2,1-5H3/b11-7-. The summed E-state index contributed by atoms with van der Waals surface area (Å²) in [6, 6.07) is 19.5. The van der Waals surface area contributed by atoms with Crippen molar-refractivity contribution in [3.8, 4) is 0 Å². The lowest BCUT2D eigenvalue weighted by molar-refractivity contribution is 0.00578. The largest absolute Gasteiger partial charge is 0.494 e. The zero-order valence-electron chi connectivity index (χ0n) is 20.4. The number of fused-ring (bicyclic) bond motifs is 8. The van der Waals surface area contributed by atoms with E-state index in [1.165, 1.54) is 21.5 Å². The Morgan fingerprint density at radius 3 is 2.41 bits per heavy atom. The zero-order chi connectivity index (χ0) is 23.7. The van der Waals surface area contributed by atoms with Crippen molar-refractivity contribution in [3.05, 3.63) is 72.6 Å². The monoisotopic (exact) mass is 448 g/mol. The van der Waals surface area contributed by atoms with E-state index in [0.29, 0.717) is 0 Å². The van der Waals surface area contributed by atoms with E-state index in [4.69, 9.17) is 14.3 Å². The normalized spacial score (nSPS) is 17.7. The molecule has 170 valence electrons. The molecule has 3 heterocycles. The van der Waals surface area contributed by atoms with Gasteiger partial charge in [0.05, 0.1) is 22.4 Å². The van der Waals surface area contributed by atoms with Gasteiger partial charge in [0.25, 0.3) is 0 Å². The predicted octanol–water partition coefficient (Wildman–Crippen LogP) is 6.52. The van der Waals surface area contributed by atoms with E-state index in [1.807, 2.05) is 0 Å². The fourth-order valence-electron chi connectivity index (χ4n) is 4.92. The van der Waals surface area contributed by atoms with Crippen LogP contribution in [0.2, 0.25) is 0 Å². The average Bonchev–Trinajstić information content (AvgIpc) is 3.34. The zero-order valence-corrected chi connectivity index (χ0v) is 20.4. The summed E-state index contributed by atoms with van der Waals surface area (Å²) in [5.74, 6) is 0. The van der Waals surface area contributed by atoms with E-state index in [1.54, 1.807) is 0 Å². The van der Waals surface area contributed by atoms with Gasteiger partial charge < -0.3 is 9.31 Å². The third-order valence-electron chi connectivity index (χ3n) is 7.49. The van der Waals surface area contributed by atoms with Crippen molar-refractivity contribution in [2.75, 3.05) is 0 Å². The molecule has 2 aromatic heterocycles. The molecule has 1 aliphatic heterocycles. The van der Waals surface area contributed by atoms with Crippen LogP contribution in [-0.2, 0) is 9.31 Å². The number of aromatic nitrogens is 2. The number of allylic oxidation sites excluding steroid dienone is 1. The van der Waals surface area contributed by atoms with E-state index in [2.05, 4.69) is 112 Å². The van der Waals surface area contributed by atoms with Gasteiger partial charge in [-0.25, -0.2) is 4.98 Å². The molecule has 1 aliphatic rings. The van der Waals surface area contributed by atoms with E-state index in [9.17, 15) is 0 Å². The molecule has 0 atom stereocenters. The molecule has 3 aromatic carbocycles. The molecule has 34 heavy (non-hydrogen) atoms. The van der Waals surface area contributed by atoms with Gasteiger partial charge in [-0.1, -0.05) is 55.5 Å². The van der Waals surface area contributed by atoms with Crippen LogP contribution >= 0.6 is 0 Å². The summed E-state index contributed by atoms with van der Waals surface area (Å²) in [6.45, 7) is 10.5. The van der Waals surface area contributed by atoms with E-state index >= 15 is 0 Å². The molecule has 1 saturated heterocycles. The van der Waals surface area contributed by atoms with Gasteiger partial charge in [-0.05, 0) is 68.6 Å². The number of rotatable bonds is 3. The van der Waals surface area contributed by atoms with Gasteiger partial charge in [0.2, 0.25) is 0 Å². The third kappa shape index (κ3) is 3.11. The Balaban J connectivity index is 1.68. The number of hydrogen-bond donors (Lipinski definition) is 0. The molecule has 0 unspecified atom stereocenters. The van der Waals surface area contributed by atoms with Crippen LogP contribution in [-0.4, -0.2) is 27.7 Å². The quantitative estimate of drug-likeness (QED) is 0.233. The number of hydrogen-bond acceptors (Lipinski definition) is 3. The van der Waals surface area contributed by atoms with Crippen molar-refractivity contribution in [1.29, 1.82) is 0 Å². The molecule has 0 aliphatic carbocycles. The molecule has 5 heteroatoms. The van der Waals surface area contributed by atoms with E-state index in [-0.39, 0.29) is 11.2 Å². The molecule has 6 rings (SSSR count). The number of benzene rings is 3. The van der Waals surface area contributed by atoms with Gasteiger partial charge in [0, 0.05) is 22.4 Å². The van der Waals surface area contributed by atoms with E-state index < -0.39 is 7.12 Å². The molecule has 0 N–H and O–H groups in total. The highest BCUT2D eigenvalue weighted by molar-refractivity contribution is 6.62. The second kappa shape index (κ2) is 7.43. The lowest BCUT2D eigenvalue weighted by atomic mass is 9.78. The van der Waals surface area contributed by atoms with Crippen molar-refractivity contribution in [2.24, 2.45) is 0 Å². The van der Waals surface area contributed by atoms with Crippen LogP contribution < -0.4 is 5.46 Å². The Hall–Kier alpha value is -3.15. The third-order valence-corrected chi connectivity index (χ3v) is 7.49. The van der Waals surface area contributed by atoms with Crippen LogP contribution in [0.5, 0.6) is 0 Å². The van der Waals surface area contributed by atoms with Crippen LogP contribution in [0.4, 0.5) is 0 Å². The van der Waals surface area contributed by atoms with Crippen LogP contribution in [0.25, 0.3) is 44.2 Å². The molecule has 0 spiro atoms. The Kier molecular flexibility index (Phi) is 4.67. The van der Waals surface area contributed by atoms with Gasteiger partial charge in [0.1, 0.15) is 5.65 Å². The predicted molar refractivity (Wildman–Crippen MR) is 143 cm³/mol. The summed E-state index contributed by atoms with van der Waals surface area (Å²) in [6.07, 6.45) is 7.36. The maximum Gasteiger partial charge on any atom is 0.494 e. The topological polar surface area (TPSA) is 35.8 Å². The molecule has 0 bridgehead atoms. The highest BCUT2D eigenvalue weighted by Gasteiger charge is 2.51. The van der Waals surface area contributed by atoms with E-state index in [0.717, 1.165) is 34.1 Å². The lowest BCUT2D eigenvalue weighted by Gasteiger charge is -2.32. The summed E-state index contributed by atoms with van der Waals surface area (Å²) < 4.78 is 15.0. The van der Waals surface area contributed by atoms with Gasteiger partial charge in [-0.3, -0.25) is 4.40 Å². The van der Waals surface area contributed by atoms with Crippen LogP contribution in [0.3, 0.4) is 0 Å². The molecule has 1 fully saturated rings. The molecule has 0 saturated carbocycles. The van der Waals surface area contributed by atoms with Crippen LogP contribution in [0.1, 0.15) is 46.7 Å². The molecule has 5 aromatic rings. The second-order valence-corrected chi connectivity index (χ2v) is 10.2. The molecular weight excluding hydrogens is 419 g/mol. The number of nitrogens with zero attached hydrogens (tertiary/aromatic N) is 2. The summed E-state index contributed by atoms with van der Waals surface area (Å²) in [5, 5.41) is 6.06. The highest BCUT2D eigenvalue weighted by Crippen LogP contribution is 2.38. The summed E-state index contributed by atoms with van der Waals surface area (Å²) in [7, 11) is -0.407. The minimum atomic E-state index is -0.407. The first-order valence-electron chi connectivity index (χ1n) is 12.1. The second-order valence-electron chi connectivity index (χ2n) is 10.2. The smallest absolute Gasteiger partial charge is 0.399 e. The fourth-order valence-corrected chi connectivity index (χ4v) is 4.92. The van der Waals surface area contributed by atoms with Gasteiger partial charge >= 0.3 is 7.12 Å². The highest BCUT2D eigenvalue weighted by atomic mass is 16.7. The van der Waals surface area contributed by atoms with Gasteiger partial charge in [0.15, 0.2) is 0 Å². The molecule has 0 amide bonds. The minimum Gasteiger partial charge on any atom is -0.399 e. The van der Waals surface area contributed by atoms with Crippen LogP contribution in [0.15, 0.2) is 66.9 Å². The average molecular weight is 448 g/mol.